The summed E-state index contributed by atoms with van der Waals surface area (Å²) in [5.41, 5.74) is 11.3. The Hall–Kier alpha value is -1.32. The Morgan fingerprint density at radius 2 is 1.90 bits per heavy atom. The van der Waals surface area contributed by atoms with Gasteiger partial charge in [0.1, 0.15) is 5.75 Å². The van der Waals surface area contributed by atoms with Crippen molar-refractivity contribution < 1.29 is 4.74 Å². The molecule has 0 saturated carbocycles. The monoisotopic (exact) mass is 333 g/mol. The second kappa shape index (κ2) is 6.42. The summed E-state index contributed by atoms with van der Waals surface area (Å²) in [5, 5.41) is 0. The number of benzene rings is 2. The number of nitrogens with two attached hydrogens (primary N) is 1. The van der Waals surface area contributed by atoms with E-state index in [9.17, 15) is 0 Å². The van der Waals surface area contributed by atoms with Crippen molar-refractivity contribution >= 4 is 15.9 Å². The highest BCUT2D eigenvalue weighted by molar-refractivity contribution is 9.10. The molecule has 0 aromatic heterocycles. The zero-order valence-electron chi connectivity index (χ0n) is 12.1. The molecule has 0 amide bonds. The number of rotatable bonds is 4. The van der Waals surface area contributed by atoms with Crippen molar-refractivity contribution in [2.75, 3.05) is 7.11 Å². The van der Waals surface area contributed by atoms with Gasteiger partial charge in [0, 0.05) is 10.5 Å². The third-order valence-corrected chi connectivity index (χ3v) is 4.24. The van der Waals surface area contributed by atoms with E-state index >= 15 is 0 Å². The minimum absolute atomic E-state index is 0.0317. The minimum atomic E-state index is -0.0317. The van der Waals surface area contributed by atoms with E-state index in [4.69, 9.17) is 10.5 Å². The summed E-state index contributed by atoms with van der Waals surface area (Å²) >= 11 is 3.57. The van der Waals surface area contributed by atoms with Crippen LogP contribution in [0.5, 0.6) is 5.75 Å². The lowest BCUT2D eigenvalue weighted by Crippen LogP contribution is -2.14. The molecule has 0 aliphatic carbocycles. The van der Waals surface area contributed by atoms with Crippen molar-refractivity contribution in [3.05, 3.63) is 63.1 Å². The summed E-state index contributed by atoms with van der Waals surface area (Å²) in [4.78, 5) is 0. The Labute approximate surface area is 129 Å². The fraction of sp³-hybridized carbons (Fsp3) is 0.294. The van der Waals surface area contributed by atoms with Crippen molar-refractivity contribution in [2.45, 2.75) is 26.3 Å². The highest BCUT2D eigenvalue weighted by Gasteiger charge is 2.13. The van der Waals surface area contributed by atoms with Gasteiger partial charge in [-0.2, -0.15) is 0 Å². The molecule has 2 aromatic carbocycles. The average molecular weight is 334 g/mol. The van der Waals surface area contributed by atoms with Crippen molar-refractivity contribution in [1.82, 2.24) is 0 Å². The van der Waals surface area contributed by atoms with Gasteiger partial charge in [0.05, 0.1) is 7.11 Å². The highest BCUT2D eigenvalue weighted by atomic mass is 79.9. The average Bonchev–Trinajstić information content (AvgIpc) is 2.42. The van der Waals surface area contributed by atoms with Crippen LogP contribution >= 0.6 is 15.9 Å². The van der Waals surface area contributed by atoms with Crippen molar-refractivity contribution in [1.29, 1.82) is 0 Å². The van der Waals surface area contributed by atoms with Gasteiger partial charge in [-0.05, 0) is 49.1 Å². The van der Waals surface area contributed by atoms with Crippen LogP contribution in [-0.2, 0) is 6.42 Å². The van der Waals surface area contributed by atoms with E-state index in [1.165, 1.54) is 16.7 Å². The number of hydrogen-bond acceptors (Lipinski definition) is 2. The molecule has 0 radical (unpaired) electrons. The zero-order valence-corrected chi connectivity index (χ0v) is 13.7. The summed E-state index contributed by atoms with van der Waals surface area (Å²) in [5.74, 6) is 0.833. The lowest BCUT2D eigenvalue weighted by Gasteiger charge is -2.16. The molecule has 0 fully saturated rings. The summed E-state index contributed by atoms with van der Waals surface area (Å²) < 4.78 is 6.21. The van der Waals surface area contributed by atoms with Crippen LogP contribution in [-0.4, -0.2) is 7.11 Å². The van der Waals surface area contributed by atoms with E-state index in [2.05, 4.69) is 48.0 Å². The van der Waals surface area contributed by atoms with Crippen LogP contribution in [0.2, 0.25) is 0 Å². The maximum Gasteiger partial charge on any atom is 0.120 e. The Kier molecular flexibility index (Phi) is 4.84. The molecule has 0 aliphatic heterocycles. The minimum Gasteiger partial charge on any atom is -0.497 e. The molecule has 0 bridgehead atoms. The summed E-state index contributed by atoms with van der Waals surface area (Å²) in [7, 11) is 1.66. The number of methoxy groups -OCH3 is 1. The Morgan fingerprint density at radius 3 is 2.55 bits per heavy atom. The summed E-state index contributed by atoms with van der Waals surface area (Å²) in [6, 6.07) is 12.4. The van der Waals surface area contributed by atoms with Crippen LogP contribution in [0.15, 0.2) is 40.9 Å². The van der Waals surface area contributed by atoms with Crippen molar-refractivity contribution in [3.8, 4) is 5.75 Å². The Morgan fingerprint density at radius 1 is 1.15 bits per heavy atom. The molecule has 2 aromatic rings. The maximum atomic E-state index is 6.37. The van der Waals surface area contributed by atoms with Gasteiger partial charge in [0.2, 0.25) is 0 Å². The Balaban J connectivity index is 2.23. The lowest BCUT2D eigenvalue weighted by atomic mass is 9.95. The first kappa shape index (κ1) is 15.1. The first-order valence-corrected chi connectivity index (χ1v) is 7.45. The molecule has 0 aliphatic rings. The van der Waals surface area contributed by atoms with Gasteiger partial charge in [-0.25, -0.2) is 0 Å². The van der Waals surface area contributed by atoms with Crippen molar-refractivity contribution in [3.63, 3.8) is 0 Å². The standard InChI is InChI=1S/C17H20BrNO/c1-11-4-5-12(2)13(8-11)9-17(19)15-7-6-14(20-3)10-16(15)18/h4-8,10,17H,9,19H2,1-3H3. The third-order valence-electron chi connectivity index (χ3n) is 3.55. The molecule has 3 heteroatoms. The number of aryl methyl sites for hydroxylation is 2. The summed E-state index contributed by atoms with van der Waals surface area (Å²) in [6.45, 7) is 4.24. The van der Waals surface area contributed by atoms with E-state index in [1.807, 2.05) is 18.2 Å². The normalized spacial score (nSPS) is 12.2. The van der Waals surface area contributed by atoms with Gasteiger partial charge >= 0.3 is 0 Å². The van der Waals surface area contributed by atoms with E-state index in [-0.39, 0.29) is 6.04 Å². The molecular weight excluding hydrogens is 314 g/mol. The summed E-state index contributed by atoms with van der Waals surface area (Å²) in [6.07, 6.45) is 0.832. The highest BCUT2D eigenvalue weighted by Crippen LogP contribution is 2.29. The number of halogens is 1. The number of ether oxygens (including phenoxy) is 1. The molecule has 1 unspecified atom stereocenters. The molecule has 2 rings (SSSR count). The van der Waals surface area contributed by atoms with Gasteiger partial charge in [0.25, 0.3) is 0 Å². The number of hydrogen-bond donors (Lipinski definition) is 1. The second-order valence-electron chi connectivity index (χ2n) is 5.13. The molecule has 106 valence electrons. The van der Waals surface area contributed by atoms with Gasteiger partial charge in [-0.1, -0.05) is 45.8 Å². The van der Waals surface area contributed by atoms with Gasteiger partial charge in [0.15, 0.2) is 0 Å². The fourth-order valence-electron chi connectivity index (χ4n) is 2.30. The molecule has 2 nitrogen and oxygen atoms in total. The molecule has 2 N–H and O–H groups in total. The second-order valence-corrected chi connectivity index (χ2v) is 5.98. The first-order chi connectivity index (χ1) is 9.51. The molecule has 1 atom stereocenters. The van der Waals surface area contributed by atoms with Crippen LogP contribution in [0.25, 0.3) is 0 Å². The lowest BCUT2D eigenvalue weighted by molar-refractivity contribution is 0.414. The molecular formula is C17H20BrNO. The topological polar surface area (TPSA) is 35.2 Å². The third kappa shape index (κ3) is 3.41. The predicted molar refractivity (Wildman–Crippen MR) is 87.2 cm³/mol. The Bertz CT molecular complexity index is 610. The molecule has 0 spiro atoms. The smallest absolute Gasteiger partial charge is 0.120 e. The van der Waals surface area contributed by atoms with E-state index in [0.717, 1.165) is 22.2 Å². The van der Waals surface area contributed by atoms with E-state index in [0.29, 0.717) is 0 Å². The zero-order chi connectivity index (χ0) is 14.7. The van der Waals surface area contributed by atoms with Crippen LogP contribution in [0.3, 0.4) is 0 Å². The van der Waals surface area contributed by atoms with Crippen LogP contribution in [0, 0.1) is 13.8 Å². The van der Waals surface area contributed by atoms with Gasteiger partial charge in [-0.3, -0.25) is 0 Å². The quantitative estimate of drug-likeness (QED) is 0.904. The molecule has 20 heavy (non-hydrogen) atoms. The van der Waals surface area contributed by atoms with Gasteiger partial charge in [-0.15, -0.1) is 0 Å². The fourth-order valence-corrected chi connectivity index (χ4v) is 2.95. The van der Waals surface area contributed by atoms with Crippen LogP contribution < -0.4 is 10.5 Å². The molecule has 0 heterocycles. The molecule has 0 saturated heterocycles. The maximum absolute atomic E-state index is 6.37. The predicted octanol–water partition coefficient (Wildman–Crippen LogP) is 4.32. The van der Waals surface area contributed by atoms with Crippen LogP contribution in [0.4, 0.5) is 0 Å². The van der Waals surface area contributed by atoms with E-state index in [1.54, 1.807) is 7.11 Å². The largest absolute Gasteiger partial charge is 0.497 e. The van der Waals surface area contributed by atoms with Gasteiger partial charge < -0.3 is 10.5 Å². The van der Waals surface area contributed by atoms with Crippen LogP contribution in [0.1, 0.15) is 28.3 Å². The SMILES string of the molecule is COc1ccc(C(N)Cc2cc(C)ccc2C)c(Br)c1. The first-order valence-electron chi connectivity index (χ1n) is 6.66. The van der Waals surface area contributed by atoms with E-state index < -0.39 is 0 Å². The van der Waals surface area contributed by atoms with Crippen molar-refractivity contribution in [2.24, 2.45) is 5.73 Å².